The van der Waals surface area contributed by atoms with Crippen LogP contribution in [0.4, 0.5) is 0 Å². The number of allylic oxidation sites excluding steroid dienone is 1. The van der Waals surface area contributed by atoms with Crippen molar-refractivity contribution in [2.75, 3.05) is 6.61 Å². The molecule has 1 nitrogen and oxygen atoms in total. The minimum absolute atomic E-state index is 0.488. The minimum Gasteiger partial charge on any atom is -0.489 e. The van der Waals surface area contributed by atoms with Crippen LogP contribution in [0.1, 0.15) is 5.56 Å². The predicted octanol–water partition coefficient (Wildman–Crippen LogP) is 4.23. The first-order valence-corrected chi connectivity index (χ1v) is 6.20. The van der Waals surface area contributed by atoms with Gasteiger partial charge >= 0.3 is 0 Å². The van der Waals surface area contributed by atoms with Crippen LogP contribution in [0.15, 0.2) is 60.7 Å². The van der Waals surface area contributed by atoms with Crippen molar-refractivity contribution in [1.82, 2.24) is 0 Å². The van der Waals surface area contributed by atoms with Crippen molar-refractivity contribution in [2.45, 2.75) is 6.92 Å². The van der Waals surface area contributed by atoms with Crippen LogP contribution in [0.2, 0.25) is 0 Å². The molecular weight excluding hydrogens is 232 g/mol. The van der Waals surface area contributed by atoms with E-state index < -0.39 is 0 Å². The maximum absolute atomic E-state index is 5.67. The van der Waals surface area contributed by atoms with E-state index in [-0.39, 0.29) is 0 Å². The monoisotopic (exact) mass is 248 g/mol. The van der Waals surface area contributed by atoms with Gasteiger partial charge in [0, 0.05) is 0 Å². The van der Waals surface area contributed by atoms with E-state index >= 15 is 0 Å². The first kappa shape index (κ1) is 13.0. The Hall–Kier alpha value is -2.46. The largest absolute Gasteiger partial charge is 0.489 e. The first-order chi connectivity index (χ1) is 9.29. The molecule has 0 bridgehead atoms. The molecule has 0 spiro atoms. The number of ether oxygens (including phenoxy) is 1. The van der Waals surface area contributed by atoms with Crippen LogP contribution in [0.25, 0.3) is 11.1 Å². The molecular formula is C18H16O. The van der Waals surface area contributed by atoms with Gasteiger partial charge in [-0.3, -0.25) is 0 Å². The molecule has 0 aliphatic heterocycles. The molecule has 0 saturated heterocycles. The van der Waals surface area contributed by atoms with Gasteiger partial charge in [-0.05, 0) is 47.9 Å². The number of hydrogen-bond donors (Lipinski definition) is 0. The van der Waals surface area contributed by atoms with Crippen LogP contribution in [0, 0.1) is 19.3 Å². The molecule has 0 aliphatic carbocycles. The first-order valence-electron chi connectivity index (χ1n) is 6.20. The quantitative estimate of drug-likeness (QED) is 0.736. The topological polar surface area (TPSA) is 9.23 Å². The van der Waals surface area contributed by atoms with E-state index in [0.717, 1.165) is 11.3 Å². The molecule has 0 N–H and O–H groups in total. The zero-order chi connectivity index (χ0) is 13.5. The van der Waals surface area contributed by atoms with Gasteiger partial charge in [0.05, 0.1) is 0 Å². The summed E-state index contributed by atoms with van der Waals surface area (Å²) in [5, 5.41) is 0. The highest BCUT2D eigenvalue weighted by Crippen LogP contribution is 2.25. The molecule has 2 rings (SSSR count). The number of aryl methyl sites for hydroxylation is 1. The molecule has 0 amide bonds. The van der Waals surface area contributed by atoms with Crippen LogP contribution in [-0.2, 0) is 0 Å². The lowest BCUT2D eigenvalue weighted by Gasteiger charge is -2.08. The summed E-state index contributed by atoms with van der Waals surface area (Å²) in [6.07, 6.45) is 8.61. The van der Waals surface area contributed by atoms with E-state index in [1.807, 2.05) is 36.4 Å². The minimum atomic E-state index is 0.488. The molecule has 19 heavy (non-hydrogen) atoms. The van der Waals surface area contributed by atoms with Gasteiger partial charge in [-0.1, -0.05) is 42.3 Å². The molecule has 0 heterocycles. The second-order valence-electron chi connectivity index (χ2n) is 4.28. The molecule has 0 radical (unpaired) electrons. The number of terminal acetylenes is 1. The molecule has 0 unspecified atom stereocenters. The molecule has 1 heteroatoms. The van der Waals surface area contributed by atoms with E-state index in [2.05, 4.69) is 31.0 Å². The molecule has 0 atom stereocenters. The SMILES string of the molecule is C#CC=CCOc1cc(C)cc(-c2ccccc2)c1. The van der Waals surface area contributed by atoms with Crippen LogP contribution in [0.3, 0.4) is 0 Å². The lowest BCUT2D eigenvalue weighted by Crippen LogP contribution is -1.94. The van der Waals surface area contributed by atoms with Crippen molar-refractivity contribution in [1.29, 1.82) is 0 Å². The summed E-state index contributed by atoms with van der Waals surface area (Å²) < 4.78 is 5.67. The van der Waals surface area contributed by atoms with Gasteiger partial charge in [0.1, 0.15) is 12.4 Å². The number of rotatable bonds is 4. The Balaban J connectivity index is 2.21. The summed E-state index contributed by atoms with van der Waals surface area (Å²) in [4.78, 5) is 0. The fraction of sp³-hybridized carbons (Fsp3) is 0.111. The predicted molar refractivity (Wildman–Crippen MR) is 80.1 cm³/mol. The van der Waals surface area contributed by atoms with Crippen molar-refractivity contribution in [3.05, 3.63) is 66.2 Å². The van der Waals surface area contributed by atoms with Crippen molar-refractivity contribution >= 4 is 0 Å². The lowest BCUT2D eigenvalue weighted by atomic mass is 10.0. The summed E-state index contributed by atoms with van der Waals surface area (Å²) >= 11 is 0. The number of benzene rings is 2. The Morgan fingerprint density at radius 2 is 1.89 bits per heavy atom. The Morgan fingerprint density at radius 3 is 2.63 bits per heavy atom. The van der Waals surface area contributed by atoms with Crippen LogP contribution < -0.4 is 4.74 Å². The Kier molecular flexibility index (Phi) is 4.42. The van der Waals surface area contributed by atoms with E-state index in [9.17, 15) is 0 Å². The van der Waals surface area contributed by atoms with Gasteiger partial charge in [-0.25, -0.2) is 0 Å². The molecule has 0 saturated carbocycles. The highest BCUT2D eigenvalue weighted by atomic mass is 16.5. The third-order valence-corrected chi connectivity index (χ3v) is 2.72. The highest BCUT2D eigenvalue weighted by Gasteiger charge is 2.01. The maximum atomic E-state index is 5.67. The Bertz CT molecular complexity index is 603. The summed E-state index contributed by atoms with van der Waals surface area (Å²) in [6.45, 7) is 2.55. The smallest absolute Gasteiger partial charge is 0.120 e. The van der Waals surface area contributed by atoms with Gasteiger partial charge in [0.25, 0.3) is 0 Å². The summed E-state index contributed by atoms with van der Waals surface area (Å²) in [6, 6.07) is 16.5. The molecule has 2 aromatic carbocycles. The van der Waals surface area contributed by atoms with Crippen LogP contribution in [-0.4, -0.2) is 6.61 Å². The zero-order valence-corrected chi connectivity index (χ0v) is 11.0. The van der Waals surface area contributed by atoms with E-state index in [1.54, 1.807) is 6.08 Å². The third kappa shape index (κ3) is 3.76. The van der Waals surface area contributed by atoms with Gasteiger partial charge < -0.3 is 4.74 Å². The fourth-order valence-electron chi connectivity index (χ4n) is 1.89. The van der Waals surface area contributed by atoms with Gasteiger partial charge in [-0.2, -0.15) is 0 Å². The van der Waals surface area contributed by atoms with Crippen molar-refractivity contribution in [2.24, 2.45) is 0 Å². The van der Waals surface area contributed by atoms with E-state index in [0.29, 0.717) is 6.61 Å². The summed E-state index contributed by atoms with van der Waals surface area (Å²) in [5.41, 5.74) is 3.53. The second-order valence-corrected chi connectivity index (χ2v) is 4.28. The summed E-state index contributed by atoms with van der Waals surface area (Å²) in [5.74, 6) is 3.30. The molecule has 2 aromatic rings. The average Bonchev–Trinajstić information content (AvgIpc) is 2.44. The number of hydrogen-bond acceptors (Lipinski definition) is 1. The van der Waals surface area contributed by atoms with Crippen LogP contribution in [0.5, 0.6) is 5.75 Å². The zero-order valence-electron chi connectivity index (χ0n) is 11.0. The van der Waals surface area contributed by atoms with Gasteiger partial charge in [0.15, 0.2) is 0 Å². The second kappa shape index (κ2) is 6.47. The van der Waals surface area contributed by atoms with Crippen molar-refractivity contribution < 1.29 is 4.74 Å². The Morgan fingerprint density at radius 1 is 1.11 bits per heavy atom. The van der Waals surface area contributed by atoms with Gasteiger partial charge in [-0.15, -0.1) is 6.42 Å². The van der Waals surface area contributed by atoms with Gasteiger partial charge in [0.2, 0.25) is 0 Å². The highest BCUT2D eigenvalue weighted by molar-refractivity contribution is 5.66. The lowest BCUT2D eigenvalue weighted by molar-refractivity contribution is 0.363. The molecule has 94 valence electrons. The van der Waals surface area contributed by atoms with Crippen molar-refractivity contribution in [3.8, 4) is 29.2 Å². The standard InChI is InChI=1S/C18H16O/c1-3-4-8-11-19-18-13-15(2)12-17(14-18)16-9-6-5-7-10-16/h1,4-10,12-14H,11H2,2H3. The molecule has 0 aromatic heterocycles. The molecule has 0 fully saturated rings. The van der Waals surface area contributed by atoms with Crippen LogP contribution >= 0.6 is 0 Å². The summed E-state index contributed by atoms with van der Waals surface area (Å²) in [7, 11) is 0. The van der Waals surface area contributed by atoms with E-state index in [4.69, 9.17) is 11.2 Å². The molecule has 0 aliphatic rings. The average molecular weight is 248 g/mol. The maximum Gasteiger partial charge on any atom is 0.120 e. The fourth-order valence-corrected chi connectivity index (χ4v) is 1.89. The normalized spacial score (nSPS) is 10.3. The Labute approximate surface area is 114 Å². The van der Waals surface area contributed by atoms with E-state index in [1.165, 1.54) is 11.1 Å². The third-order valence-electron chi connectivity index (χ3n) is 2.72. The van der Waals surface area contributed by atoms with Crippen molar-refractivity contribution in [3.63, 3.8) is 0 Å².